The molecule has 0 atom stereocenters. The number of anilines is 2. The van der Waals surface area contributed by atoms with E-state index < -0.39 is 11.8 Å². The number of nitrogen functional groups attached to an aromatic ring is 2. The van der Waals surface area contributed by atoms with E-state index in [-0.39, 0.29) is 58.6 Å². The van der Waals surface area contributed by atoms with Gasteiger partial charge in [0.15, 0.2) is 23.0 Å². The van der Waals surface area contributed by atoms with Gasteiger partial charge in [0.1, 0.15) is 0 Å². The van der Waals surface area contributed by atoms with Gasteiger partial charge in [0, 0.05) is 24.5 Å². The summed E-state index contributed by atoms with van der Waals surface area (Å²) in [6.07, 6.45) is 0.822. The van der Waals surface area contributed by atoms with Gasteiger partial charge in [-0.1, -0.05) is 12.1 Å². The van der Waals surface area contributed by atoms with Gasteiger partial charge in [-0.05, 0) is 60.4 Å². The minimum Gasteiger partial charge on any atom is -0.504 e. The van der Waals surface area contributed by atoms with Crippen LogP contribution in [0.5, 0.6) is 23.0 Å². The molecule has 0 aliphatic carbocycles. The second-order valence-electron chi connectivity index (χ2n) is 7.68. The van der Waals surface area contributed by atoms with Gasteiger partial charge in [-0.15, -0.1) is 0 Å². The topological polar surface area (TPSA) is 191 Å². The van der Waals surface area contributed by atoms with Crippen LogP contribution in [0.25, 0.3) is 0 Å². The van der Waals surface area contributed by atoms with Crippen molar-refractivity contribution in [1.29, 1.82) is 0 Å². The monoisotopic (exact) mass is 466 g/mol. The molecule has 0 spiro atoms. The lowest BCUT2D eigenvalue weighted by atomic mass is 10.0. The van der Waals surface area contributed by atoms with E-state index in [0.29, 0.717) is 12.8 Å². The fraction of sp³-hybridized carbons (Fsp3) is 0.167. The molecule has 3 rings (SSSR count). The van der Waals surface area contributed by atoms with Crippen LogP contribution in [0.3, 0.4) is 0 Å². The van der Waals surface area contributed by atoms with Gasteiger partial charge in [0.05, 0.1) is 11.1 Å². The van der Waals surface area contributed by atoms with Gasteiger partial charge in [0.2, 0.25) is 0 Å². The molecule has 0 fully saturated rings. The highest BCUT2D eigenvalue weighted by Crippen LogP contribution is 2.26. The number of rotatable bonds is 8. The smallest absolute Gasteiger partial charge is 0.253 e. The van der Waals surface area contributed by atoms with Crippen LogP contribution in [-0.4, -0.2) is 45.3 Å². The second kappa shape index (κ2) is 10.3. The maximum absolute atomic E-state index is 12.5. The summed E-state index contributed by atoms with van der Waals surface area (Å²) in [5, 5.41) is 43.2. The summed E-state index contributed by atoms with van der Waals surface area (Å²) in [5.74, 6) is -1.86. The molecule has 0 aliphatic rings. The molecule has 0 aromatic heterocycles. The minimum absolute atomic E-state index is 0.0857. The molecule has 34 heavy (non-hydrogen) atoms. The zero-order valence-electron chi connectivity index (χ0n) is 18.2. The Hall–Kier alpha value is -4.60. The Morgan fingerprint density at radius 2 is 1.00 bits per heavy atom. The Balaban J connectivity index is 1.57. The Kier molecular flexibility index (Phi) is 7.32. The van der Waals surface area contributed by atoms with Crippen molar-refractivity contribution in [3.63, 3.8) is 0 Å². The number of amides is 2. The summed E-state index contributed by atoms with van der Waals surface area (Å²) in [5.41, 5.74) is 13.8. The normalized spacial score (nSPS) is 10.6. The van der Waals surface area contributed by atoms with E-state index in [2.05, 4.69) is 10.6 Å². The summed E-state index contributed by atoms with van der Waals surface area (Å²) >= 11 is 0. The maximum Gasteiger partial charge on any atom is 0.253 e. The van der Waals surface area contributed by atoms with Crippen molar-refractivity contribution in [1.82, 2.24) is 10.6 Å². The van der Waals surface area contributed by atoms with Gasteiger partial charge in [-0.2, -0.15) is 0 Å². The SMILES string of the molecule is Nc1cc(C(=O)NCCc2ccc(O)c(O)c2)c(N)cc1C(=O)NCCc1ccc(O)c(O)c1. The van der Waals surface area contributed by atoms with Gasteiger partial charge in [-0.3, -0.25) is 9.59 Å². The molecule has 0 saturated heterocycles. The third-order valence-electron chi connectivity index (χ3n) is 5.19. The molecule has 10 nitrogen and oxygen atoms in total. The molecule has 178 valence electrons. The van der Waals surface area contributed by atoms with Gasteiger partial charge < -0.3 is 42.5 Å². The molecular formula is C24H26N4O6. The average Bonchev–Trinajstić information content (AvgIpc) is 2.79. The number of hydrogen-bond acceptors (Lipinski definition) is 8. The zero-order chi connectivity index (χ0) is 24.8. The zero-order valence-corrected chi connectivity index (χ0v) is 18.2. The van der Waals surface area contributed by atoms with Crippen LogP contribution < -0.4 is 22.1 Å². The summed E-state index contributed by atoms with van der Waals surface area (Å²) in [4.78, 5) is 25.0. The van der Waals surface area contributed by atoms with Crippen LogP contribution in [0.1, 0.15) is 31.8 Å². The van der Waals surface area contributed by atoms with Gasteiger partial charge >= 0.3 is 0 Å². The van der Waals surface area contributed by atoms with Gasteiger partial charge in [-0.25, -0.2) is 0 Å². The lowest BCUT2D eigenvalue weighted by Crippen LogP contribution is -2.29. The first-order chi connectivity index (χ1) is 16.2. The number of carbonyl (C=O) groups excluding carboxylic acids is 2. The van der Waals surface area contributed by atoms with Crippen LogP contribution in [0, 0.1) is 0 Å². The van der Waals surface area contributed by atoms with E-state index in [1.165, 1.54) is 36.4 Å². The van der Waals surface area contributed by atoms with Crippen LogP contribution in [0.4, 0.5) is 11.4 Å². The van der Waals surface area contributed by atoms with Gasteiger partial charge in [0.25, 0.3) is 11.8 Å². The molecule has 3 aromatic carbocycles. The first-order valence-electron chi connectivity index (χ1n) is 10.4. The Bertz CT molecular complexity index is 1130. The quantitative estimate of drug-likeness (QED) is 0.181. The first-order valence-corrected chi connectivity index (χ1v) is 10.4. The maximum atomic E-state index is 12.5. The molecule has 0 radical (unpaired) electrons. The number of nitrogens with one attached hydrogen (secondary N) is 2. The molecule has 0 saturated carbocycles. The van der Waals surface area contributed by atoms with E-state index >= 15 is 0 Å². The average molecular weight is 466 g/mol. The van der Waals surface area contributed by atoms with E-state index in [1.54, 1.807) is 12.1 Å². The summed E-state index contributed by atoms with van der Waals surface area (Å²) in [6, 6.07) is 11.5. The number of benzene rings is 3. The molecule has 0 unspecified atom stereocenters. The predicted molar refractivity (Wildman–Crippen MR) is 127 cm³/mol. The van der Waals surface area contributed by atoms with E-state index in [9.17, 15) is 30.0 Å². The molecule has 3 aromatic rings. The molecule has 0 bridgehead atoms. The molecule has 2 amide bonds. The van der Waals surface area contributed by atoms with Crippen molar-refractivity contribution in [2.75, 3.05) is 24.6 Å². The number of hydrogen-bond donors (Lipinski definition) is 8. The van der Waals surface area contributed by atoms with Crippen molar-refractivity contribution in [3.05, 3.63) is 70.8 Å². The lowest BCUT2D eigenvalue weighted by molar-refractivity contribution is 0.0943. The van der Waals surface area contributed by atoms with Crippen molar-refractivity contribution in [3.8, 4) is 23.0 Å². The number of phenolic OH excluding ortho intramolecular Hbond substituents is 4. The summed E-state index contributed by atoms with van der Waals surface area (Å²) < 4.78 is 0. The standard InChI is InChI=1S/C24H26N4O6/c25-17-12-16(24(34)28-8-6-14-2-4-20(30)22(32)10-14)18(26)11-15(17)23(33)27-7-5-13-1-3-19(29)21(31)9-13/h1-4,9-12,29-32H,5-8,25-26H2,(H,27,33)(H,28,34). The predicted octanol–water partition coefficient (Wildman–Crippen LogP) is 1.62. The molecular weight excluding hydrogens is 440 g/mol. The lowest BCUT2D eigenvalue weighted by Gasteiger charge is -2.13. The Labute approximate surface area is 195 Å². The highest BCUT2D eigenvalue weighted by atomic mass is 16.3. The van der Waals surface area contributed by atoms with Crippen LogP contribution in [-0.2, 0) is 12.8 Å². The highest BCUT2D eigenvalue weighted by molar-refractivity contribution is 6.05. The first kappa shape index (κ1) is 24.1. The molecule has 0 aliphatic heterocycles. The van der Waals surface area contributed by atoms with Crippen LogP contribution in [0.15, 0.2) is 48.5 Å². The largest absolute Gasteiger partial charge is 0.504 e. The highest BCUT2D eigenvalue weighted by Gasteiger charge is 2.17. The third kappa shape index (κ3) is 5.80. The molecule has 0 heterocycles. The van der Waals surface area contributed by atoms with E-state index in [0.717, 1.165) is 11.1 Å². The van der Waals surface area contributed by atoms with E-state index in [4.69, 9.17) is 11.5 Å². The van der Waals surface area contributed by atoms with E-state index in [1.807, 2.05) is 0 Å². The van der Waals surface area contributed by atoms with Crippen molar-refractivity contribution in [2.24, 2.45) is 0 Å². The number of phenols is 4. The van der Waals surface area contributed by atoms with Crippen LogP contribution >= 0.6 is 0 Å². The fourth-order valence-corrected chi connectivity index (χ4v) is 3.31. The number of nitrogens with two attached hydrogens (primary N) is 2. The van der Waals surface area contributed by atoms with Crippen molar-refractivity contribution >= 4 is 23.2 Å². The second-order valence-corrected chi connectivity index (χ2v) is 7.68. The fourth-order valence-electron chi connectivity index (χ4n) is 3.31. The van der Waals surface area contributed by atoms with Crippen LogP contribution in [0.2, 0.25) is 0 Å². The Morgan fingerprint density at radius 3 is 1.35 bits per heavy atom. The van der Waals surface area contributed by atoms with Crippen molar-refractivity contribution in [2.45, 2.75) is 12.8 Å². The third-order valence-corrected chi connectivity index (χ3v) is 5.19. The Morgan fingerprint density at radius 1 is 0.618 bits per heavy atom. The number of carbonyl (C=O) groups is 2. The minimum atomic E-state index is -0.466. The summed E-state index contributed by atoms with van der Waals surface area (Å²) in [6.45, 7) is 0.495. The molecule has 10 N–H and O–H groups in total. The number of aromatic hydroxyl groups is 4. The van der Waals surface area contributed by atoms with Crippen molar-refractivity contribution < 1.29 is 30.0 Å². The molecule has 10 heteroatoms. The summed E-state index contributed by atoms with van der Waals surface area (Å²) in [7, 11) is 0.